The Morgan fingerprint density at radius 1 is 0.690 bits per heavy atom. The molecule has 0 aliphatic rings. The molecule has 0 saturated heterocycles. The van der Waals surface area contributed by atoms with Gasteiger partial charge in [0.2, 0.25) is 0 Å². The molecular formula is C22H18N4O3. The highest BCUT2D eigenvalue weighted by Gasteiger charge is 2.17. The highest BCUT2D eigenvalue weighted by atomic mass is 16.2. The molecule has 144 valence electrons. The smallest absolute Gasteiger partial charge is 0.322 e. The molecule has 7 nitrogen and oxygen atoms in total. The number of para-hydroxylation sites is 2. The summed E-state index contributed by atoms with van der Waals surface area (Å²) in [5, 5.41) is 8.93. The maximum Gasteiger partial charge on any atom is 0.329 e. The molecule has 29 heavy (non-hydrogen) atoms. The largest absolute Gasteiger partial charge is 0.329 e. The van der Waals surface area contributed by atoms with E-state index in [-0.39, 0.29) is 11.3 Å². The van der Waals surface area contributed by atoms with Gasteiger partial charge in [-0.3, -0.25) is 14.4 Å². The van der Waals surface area contributed by atoms with E-state index in [9.17, 15) is 14.4 Å². The maximum absolute atomic E-state index is 12.5. The van der Waals surface area contributed by atoms with Crippen molar-refractivity contribution in [2.24, 2.45) is 5.10 Å². The third kappa shape index (κ3) is 5.61. The minimum absolute atomic E-state index is 0.216. The van der Waals surface area contributed by atoms with Gasteiger partial charge in [0.05, 0.1) is 17.5 Å². The Kier molecular flexibility index (Phi) is 6.46. The number of hydrazone groups is 1. The summed E-state index contributed by atoms with van der Waals surface area (Å²) in [4.78, 5) is 36.7. The number of amides is 3. The van der Waals surface area contributed by atoms with Gasteiger partial charge in [-0.05, 0) is 29.8 Å². The predicted octanol–water partition coefficient (Wildman–Crippen LogP) is 3.03. The summed E-state index contributed by atoms with van der Waals surface area (Å²) in [5.41, 5.74) is 3.99. The third-order valence-electron chi connectivity index (χ3n) is 3.84. The van der Waals surface area contributed by atoms with Gasteiger partial charge in [0.1, 0.15) is 0 Å². The first-order valence-electron chi connectivity index (χ1n) is 8.78. The van der Waals surface area contributed by atoms with Crippen LogP contribution in [0.1, 0.15) is 15.9 Å². The number of carbonyl (C=O) groups excluding carboxylic acids is 3. The number of rotatable bonds is 5. The van der Waals surface area contributed by atoms with E-state index in [2.05, 4.69) is 21.2 Å². The lowest BCUT2D eigenvalue weighted by atomic mass is 10.1. The van der Waals surface area contributed by atoms with Gasteiger partial charge in [-0.15, -0.1) is 0 Å². The molecule has 0 unspecified atom stereocenters. The normalized spacial score (nSPS) is 10.3. The minimum atomic E-state index is -0.949. The van der Waals surface area contributed by atoms with Crippen LogP contribution in [0.2, 0.25) is 0 Å². The van der Waals surface area contributed by atoms with Crippen LogP contribution in [0.3, 0.4) is 0 Å². The van der Waals surface area contributed by atoms with Gasteiger partial charge in [0.15, 0.2) is 0 Å². The Morgan fingerprint density at radius 2 is 1.31 bits per heavy atom. The highest BCUT2D eigenvalue weighted by molar-refractivity contribution is 6.40. The lowest BCUT2D eigenvalue weighted by molar-refractivity contribution is -0.136. The average Bonchev–Trinajstić information content (AvgIpc) is 2.75. The topological polar surface area (TPSA) is 99.7 Å². The van der Waals surface area contributed by atoms with Crippen molar-refractivity contribution in [2.75, 3.05) is 10.6 Å². The molecule has 3 aromatic rings. The third-order valence-corrected chi connectivity index (χ3v) is 3.84. The first kappa shape index (κ1) is 19.5. The van der Waals surface area contributed by atoms with Crippen LogP contribution in [0.25, 0.3) is 0 Å². The first-order chi connectivity index (χ1) is 14.1. The minimum Gasteiger partial charge on any atom is -0.322 e. The Labute approximate surface area is 167 Å². The second-order valence-electron chi connectivity index (χ2n) is 5.93. The van der Waals surface area contributed by atoms with Crippen molar-refractivity contribution < 1.29 is 14.4 Å². The Morgan fingerprint density at radius 3 is 2.03 bits per heavy atom. The van der Waals surface area contributed by atoms with Gasteiger partial charge < -0.3 is 10.6 Å². The van der Waals surface area contributed by atoms with Gasteiger partial charge in [-0.1, -0.05) is 60.7 Å². The Bertz CT molecular complexity index is 1030. The maximum atomic E-state index is 12.5. The van der Waals surface area contributed by atoms with E-state index in [1.165, 1.54) is 6.21 Å². The number of hydrogen-bond acceptors (Lipinski definition) is 4. The van der Waals surface area contributed by atoms with Crippen LogP contribution in [0.5, 0.6) is 0 Å². The van der Waals surface area contributed by atoms with Crippen molar-refractivity contribution in [3.63, 3.8) is 0 Å². The van der Waals surface area contributed by atoms with E-state index in [4.69, 9.17) is 0 Å². The summed E-state index contributed by atoms with van der Waals surface area (Å²) in [6.45, 7) is 0. The molecule has 3 amide bonds. The fourth-order valence-corrected chi connectivity index (χ4v) is 2.44. The quantitative estimate of drug-likeness (QED) is 0.357. The van der Waals surface area contributed by atoms with Crippen molar-refractivity contribution in [1.29, 1.82) is 0 Å². The molecule has 3 N–H and O–H groups in total. The summed E-state index contributed by atoms with van der Waals surface area (Å²) in [5.74, 6) is -2.29. The SMILES string of the molecule is O=C(N/N=C/c1ccccc1)C(=O)Nc1ccccc1C(=O)Nc1ccccc1. The first-order valence-corrected chi connectivity index (χ1v) is 8.78. The van der Waals surface area contributed by atoms with Crippen molar-refractivity contribution >= 4 is 35.3 Å². The second-order valence-corrected chi connectivity index (χ2v) is 5.93. The standard InChI is InChI=1S/C22H18N4O3/c27-20(24-17-11-5-2-6-12-17)18-13-7-8-14-19(18)25-21(28)22(29)26-23-15-16-9-3-1-4-10-16/h1-15H,(H,24,27)(H,25,28)(H,26,29)/b23-15+. The molecule has 0 radical (unpaired) electrons. The van der Waals surface area contributed by atoms with Crippen LogP contribution in [-0.4, -0.2) is 23.9 Å². The van der Waals surface area contributed by atoms with Crippen molar-refractivity contribution in [3.8, 4) is 0 Å². The van der Waals surface area contributed by atoms with Gasteiger partial charge in [0.25, 0.3) is 5.91 Å². The molecular weight excluding hydrogens is 368 g/mol. The molecule has 0 aliphatic carbocycles. The molecule has 0 heterocycles. The molecule has 0 spiro atoms. The van der Waals surface area contributed by atoms with Crippen LogP contribution in [-0.2, 0) is 9.59 Å². The zero-order valence-electron chi connectivity index (χ0n) is 15.3. The number of anilines is 2. The highest BCUT2D eigenvalue weighted by Crippen LogP contribution is 2.17. The van der Waals surface area contributed by atoms with E-state index in [1.807, 2.05) is 24.3 Å². The fraction of sp³-hybridized carbons (Fsp3) is 0. The summed E-state index contributed by atoms with van der Waals surface area (Å²) in [6.07, 6.45) is 1.42. The van der Waals surface area contributed by atoms with Crippen LogP contribution in [0.4, 0.5) is 11.4 Å². The van der Waals surface area contributed by atoms with Gasteiger partial charge >= 0.3 is 11.8 Å². The molecule has 0 aliphatic heterocycles. The summed E-state index contributed by atoms with van der Waals surface area (Å²) in [6, 6.07) is 24.5. The van der Waals surface area contributed by atoms with E-state index in [1.54, 1.807) is 60.7 Å². The average molecular weight is 386 g/mol. The monoisotopic (exact) mass is 386 g/mol. The molecule has 3 aromatic carbocycles. The van der Waals surface area contributed by atoms with E-state index in [0.29, 0.717) is 5.69 Å². The zero-order valence-corrected chi connectivity index (χ0v) is 15.3. The van der Waals surface area contributed by atoms with Gasteiger partial charge in [-0.2, -0.15) is 5.10 Å². The summed E-state index contributed by atoms with van der Waals surface area (Å²) >= 11 is 0. The fourth-order valence-electron chi connectivity index (χ4n) is 2.44. The van der Waals surface area contributed by atoms with Crippen LogP contribution in [0.15, 0.2) is 90.0 Å². The molecule has 3 rings (SSSR count). The molecule has 0 saturated carbocycles. The number of nitrogens with one attached hydrogen (secondary N) is 3. The molecule has 0 bridgehead atoms. The number of benzene rings is 3. The number of hydrogen-bond donors (Lipinski definition) is 3. The number of carbonyl (C=O) groups is 3. The predicted molar refractivity (Wildman–Crippen MR) is 112 cm³/mol. The van der Waals surface area contributed by atoms with E-state index >= 15 is 0 Å². The molecule has 7 heteroatoms. The van der Waals surface area contributed by atoms with Crippen LogP contribution in [0, 0.1) is 0 Å². The van der Waals surface area contributed by atoms with E-state index in [0.717, 1.165) is 5.56 Å². The van der Waals surface area contributed by atoms with Gasteiger partial charge in [-0.25, -0.2) is 5.43 Å². The Balaban J connectivity index is 1.63. The van der Waals surface area contributed by atoms with E-state index < -0.39 is 17.7 Å². The lowest BCUT2D eigenvalue weighted by Gasteiger charge is -2.11. The summed E-state index contributed by atoms with van der Waals surface area (Å²) < 4.78 is 0. The molecule has 0 fully saturated rings. The van der Waals surface area contributed by atoms with Crippen molar-refractivity contribution in [3.05, 3.63) is 96.1 Å². The number of nitrogens with zero attached hydrogens (tertiary/aromatic N) is 1. The lowest BCUT2D eigenvalue weighted by Crippen LogP contribution is -2.33. The van der Waals surface area contributed by atoms with Gasteiger partial charge in [0, 0.05) is 5.69 Å². The zero-order chi connectivity index (χ0) is 20.5. The van der Waals surface area contributed by atoms with Crippen molar-refractivity contribution in [2.45, 2.75) is 0 Å². The Hall–Kier alpha value is -4.26. The molecule has 0 atom stereocenters. The van der Waals surface area contributed by atoms with Crippen LogP contribution < -0.4 is 16.1 Å². The second kappa shape index (κ2) is 9.61. The summed E-state index contributed by atoms with van der Waals surface area (Å²) in [7, 11) is 0. The molecule has 0 aromatic heterocycles. The van der Waals surface area contributed by atoms with Crippen molar-refractivity contribution in [1.82, 2.24) is 5.43 Å². The van der Waals surface area contributed by atoms with Crippen LogP contribution >= 0.6 is 0 Å².